The lowest BCUT2D eigenvalue weighted by atomic mass is 10.0. The van der Waals surface area contributed by atoms with Gasteiger partial charge in [0.05, 0.1) is 44.6 Å². The summed E-state index contributed by atoms with van der Waals surface area (Å²) in [6, 6.07) is 59.2. The topological polar surface area (TPSA) is 57.4 Å². The van der Waals surface area contributed by atoms with E-state index in [1.54, 1.807) is 0 Å². The molecule has 48 heavy (non-hydrogen) atoms. The second kappa shape index (κ2) is 10.9. The molecule has 0 aliphatic heterocycles. The van der Waals surface area contributed by atoms with Crippen LogP contribution in [-0.4, -0.2) is 9.13 Å². The Bertz CT molecular complexity index is 2590. The molecular weight excluding hydrogens is 585 g/mol. The van der Waals surface area contributed by atoms with Crippen molar-refractivity contribution in [3.8, 4) is 45.8 Å². The Morgan fingerprint density at radius 2 is 0.708 bits per heavy atom. The van der Waals surface area contributed by atoms with Gasteiger partial charge in [-0.05, 0) is 70.8 Å². The van der Waals surface area contributed by atoms with Crippen LogP contribution >= 0.6 is 0 Å². The molecule has 0 aliphatic carbocycles. The number of benzene rings is 7. The monoisotopic (exact) mass is 610 g/mol. The van der Waals surface area contributed by atoms with Crippen molar-refractivity contribution in [3.63, 3.8) is 0 Å². The molecule has 0 atom stereocenters. The van der Waals surface area contributed by atoms with Gasteiger partial charge in [0.25, 0.3) is 0 Å². The van der Waals surface area contributed by atoms with E-state index in [2.05, 4.69) is 155 Å². The SMILES string of the molecule is N#Cc1cc(-n2c3ccccc3c3cc(-c4ccccc4)ccc32)c(-n2c3ccccc3c3cc(-c4ccccc4)ccc32)cc1C#N. The fourth-order valence-electron chi connectivity index (χ4n) is 7.21. The molecule has 0 saturated heterocycles. The fraction of sp³-hybridized carbons (Fsp3) is 0. The molecule has 0 unspecified atom stereocenters. The van der Waals surface area contributed by atoms with E-state index in [1.807, 2.05) is 24.3 Å². The summed E-state index contributed by atoms with van der Waals surface area (Å²) in [6.07, 6.45) is 0. The van der Waals surface area contributed by atoms with Gasteiger partial charge in [-0.2, -0.15) is 10.5 Å². The maximum atomic E-state index is 10.2. The van der Waals surface area contributed by atoms with Gasteiger partial charge in [0.1, 0.15) is 12.1 Å². The van der Waals surface area contributed by atoms with Crippen LogP contribution in [0.2, 0.25) is 0 Å². The number of para-hydroxylation sites is 2. The minimum absolute atomic E-state index is 0.343. The van der Waals surface area contributed by atoms with E-state index in [-0.39, 0.29) is 0 Å². The average molecular weight is 611 g/mol. The number of aromatic nitrogens is 2. The molecular formula is C44H26N4. The fourth-order valence-corrected chi connectivity index (χ4v) is 7.21. The van der Waals surface area contributed by atoms with Crippen molar-refractivity contribution < 1.29 is 0 Å². The van der Waals surface area contributed by atoms with Crippen molar-refractivity contribution in [1.82, 2.24) is 9.13 Å². The molecule has 9 aromatic rings. The van der Waals surface area contributed by atoms with E-state index in [0.29, 0.717) is 11.1 Å². The molecule has 0 radical (unpaired) electrons. The second-order valence-corrected chi connectivity index (χ2v) is 12.0. The lowest BCUT2D eigenvalue weighted by Crippen LogP contribution is -2.05. The number of nitrogens with zero attached hydrogens (tertiary/aromatic N) is 4. The summed E-state index contributed by atoms with van der Waals surface area (Å²) in [7, 11) is 0. The van der Waals surface area contributed by atoms with Gasteiger partial charge in [0.15, 0.2) is 0 Å². The summed E-state index contributed by atoms with van der Waals surface area (Å²) in [5, 5.41) is 25.0. The molecule has 2 aromatic heterocycles. The Labute approximate surface area is 277 Å². The van der Waals surface area contributed by atoms with Crippen molar-refractivity contribution in [1.29, 1.82) is 10.5 Å². The first-order valence-electron chi connectivity index (χ1n) is 15.9. The van der Waals surface area contributed by atoms with Crippen LogP contribution < -0.4 is 0 Å². The molecule has 0 aliphatic rings. The summed E-state index contributed by atoms with van der Waals surface area (Å²) >= 11 is 0. The van der Waals surface area contributed by atoms with Crippen molar-refractivity contribution in [2.24, 2.45) is 0 Å². The molecule has 2 heterocycles. The molecule has 0 bridgehead atoms. The van der Waals surface area contributed by atoms with Crippen molar-refractivity contribution in [2.45, 2.75) is 0 Å². The van der Waals surface area contributed by atoms with Crippen LogP contribution in [0.3, 0.4) is 0 Å². The van der Waals surface area contributed by atoms with Crippen molar-refractivity contribution >= 4 is 43.6 Å². The minimum Gasteiger partial charge on any atom is -0.307 e. The zero-order valence-electron chi connectivity index (χ0n) is 25.8. The summed E-state index contributed by atoms with van der Waals surface area (Å²) in [4.78, 5) is 0. The molecule has 0 N–H and O–H groups in total. The van der Waals surface area contributed by atoms with E-state index in [0.717, 1.165) is 77.2 Å². The van der Waals surface area contributed by atoms with E-state index in [1.165, 1.54) is 0 Å². The molecule has 7 aromatic carbocycles. The first kappa shape index (κ1) is 27.4. The van der Waals surface area contributed by atoms with E-state index in [4.69, 9.17) is 0 Å². The Morgan fingerprint density at radius 3 is 1.12 bits per heavy atom. The lowest BCUT2D eigenvalue weighted by Gasteiger charge is -2.18. The average Bonchev–Trinajstić information content (AvgIpc) is 3.67. The summed E-state index contributed by atoms with van der Waals surface area (Å²) in [5.74, 6) is 0. The molecule has 4 nitrogen and oxygen atoms in total. The van der Waals surface area contributed by atoms with Crippen LogP contribution in [0.15, 0.2) is 158 Å². The second-order valence-electron chi connectivity index (χ2n) is 12.0. The Balaban J connectivity index is 1.39. The van der Waals surface area contributed by atoms with Crippen LogP contribution in [0, 0.1) is 22.7 Å². The molecule has 0 spiro atoms. The van der Waals surface area contributed by atoms with Crippen molar-refractivity contribution in [2.75, 3.05) is 0 Å². The highest BCUT2D eigenvalue weighted by Gasteiger charge is 2.22. The quantitative estimate of drug-likeness (QED) is 0.199. The predicted octanol–water partition coefficient (Wildman–Crippen LogP) is 11.0. The number of rotatable bonds is 4. The highest BCUT2D eigenvalue weighted by atomic mass is 15.1. The lowest BCUT2D eigenvalue weighted by molar-refractivity contribution is 1.09. The zero-order valence-corrected chi connectivity index (χ0v) is 25.8. The molecule has 9 rings (SSSR count). The van der Waals surface area contributed by atoms with Crippen LogP contribution in [-0.2, 0) is 0 Å². The predicted molar refractivity (Wildman–Crippen MR) is 195 cm³/mol. The number of hydrogen-bond donors (Lipinski definition) is 0. The largest absolute Gasteiger partial charge is 0.307 e. The van der Waals surface area contributed by atoms with Gasteiger partial charge in [-0.25, -0.2) is 0 Å². The highest BCUT2D eigenvalue weighted by molar-refractivity contribution is 6.13. The number of fused-ring (bicyclic) bond motifs is 6. The normalized spacial score (nSPS) is 11.3. The van der Waals surface area contributed by atoms with Gasteiger partial charge in [0, 0.05) is 21.5 Å². The first-order chi connectivity index (χ1) is 23.7. The van der Waals surface area contributed by atoms with Gasteiger partial charge in [-0.15, -0.1) is 0 Å². The summed E-state index contributed by atoms with van der Waals surface area (Å²) in [5.41, 5.74) is 11.0. The van der Waals surface area contributed by atoms with Gasteiger partial charge in [0.2, 0.25) is 0 Å². The van der Waals surface area contributed by atoms with Gasteiger partial charge in [-0.3, -0.25) is 0 Å². The molecule has 0 fully saturated rings. The maximum Gasteiger partial charge on any atom is 0.101 e. The smallest absolute Gasteiger partial charge is 0.101 e. The van der Waals surface area contributed by atoms with Crippen molar-refractivity contribution in [3.05, 3.63) is 169 Å². The Hall–Kier alpha value is -6.88. The standard InChI is InChI=1S/C44H26N4/c45-27-33-25-43(47-39-17-9-7-15-35(39)37-23-31(19-21-41(37)47)29-11-3-1-4-12-29)44(26-34(33)28-46)48-40-18-10-8-16-36(40)38-24-32(20-22-42(38)48)30-13-5-2-6-14-30/h1-26H. The maximum absolute atomic E-state index is 10.2. The third kappa shape index (κ3) is 4.14. The van der Waals surface area contributed by atoms with Crippen LogP contribution in [0.1, 0.15) is 11.1 Å². The van der Waals surface area contributed by atoms with E-state index in [9.17, 15) is 10.5 Å². The van der Waals surface area contributed by atoms with Gasteiger partial charge >= 0.3 is 0 Å². The van der Waals surface area contributed by atoms with E-state index >= 15 is 0 Å². The van der Waals surface area contributed by atoms with E-state index < -0.39 is 0 Å². The molecule has 222 valence electrons. The Morgan fingerprint density at radius 1 is 0.333 bits per heavy atom. The number of hydrogen-bond acceptors (Lipinski definition) is 2. The summed E-state index contributed by atoms with van der Waals surface area (Å²) in [6.45, 7) is 0. The van der Waals surface area contributed by atoms with Gasteiger partial charge < -0.3 is 9.13 Å². The molecule has 4 heteroatoms. The first-order valence-corrected chi connectivity index (χ1v) is 15.9. The zero-order chi connectivity index (χ0) is 32.2. The summed E-state index contributed by atoms with van der Waals surface area (Å²) < 4.78 is 4.49. The number of nitriles is 2. The molecule has 0 amide bonds. The van der Waals surface area contributed by atoms with Crippen LogP contribution in [0.4, 0.5) is 0 Å². The minimum atomic E-state index is 0.343. The molecule has 0 saturated carbocycles. The Kier molecular flexibility index (Phi) is 6.22. The third-order valence-electron chi connectivity index (χ3n) is 9.40. The highest BCUT2D eigenvalue weighted by Crippen LogP contribution is 2.41. The van der Waals surface area contributed by atoms with Crippen LogP contribution in [0.25, 0.3) is 77.2 Å². The van der Waals surface area contributed by atoms with Crippen LogP contribution in [0.5, 0.6) is 0 Å². The third-order valence-corrected chi connectivity index (χ3v) is 9.40. The van der Waals surface area contributed by atoms with Gasteiger partial charge in [-0.1, -0.05) is 109 Å².